The third kappa shape index (κ3) is 4.60. The second-order valence-corrected chi connectivity index (χ2v) is 7.60. The first-order valence-corrected chi connectivity index (χ1v) is 8.78. The van der Waals surface area contributed by atoms with Crippen molar-refractivity contribution in [1.29, 1.82) is 0 Å². The van der Waals surface area contributed by atoms with E-state index in [0.29, 0.717) is 16.1 Å². The van der Waals surface area contributed by atoms with Crippen LogP contribution in [0, 0.1) is 6.92 Å². The zero-order chi connectivity index (χ0) is 18.8. The molecule has 1 N–H and O–H groups in total. The molecule has 0 aliphatic heterocycles. The highest BCUT2D eigenvalue weighted by atomic mass is 32.1. The first-order chi connectivity index (χ1) is 11.5. The third-order valence-corrected chi connectivity index (χ3v) is 5.31. The van der Waals surface area contributed by atoms with E-state index in [0.717, 1.165) is 23.6 Å². The van der Waals surface area contributed by atoms with Gasteiger partial charge in [0, 0.05) is 12.0 Å². The summed E-state index contributed by atoms with van der Waals surface area (Å²) in [5, 5.41) is 3.71. The van der Waals surface area contributed by atoms with Crippen LogP contribution in [0.5, 0.6) is 0 Å². The van der Waals surface area contributed by atoms with Gasteiger partial charge in [-0.05, 0) is 25.0 Å². The number of carbonyl (C=O) groups is 1. The van der Waals surface area contributed by atoms with Crippen molar-refractivity contribution in [2.45, 2.75) is 45.7 Å². The molecule has 0 aliphatic rings. The Labute approximate surface area is 149 Å². The average Bonchev–Trinajstić information content (AvgIpc) is 2.93. The number of benzene rings is 1. The number of hydrogen-bond acceptors (Lipinski definition) is 3. The van der Waals surface area contributed by atoms with Crippen LogP contribution in [0.2, 0.25) is 0 Å². The summed E-state index contributed by atoms with van der Waals surface area (Å²) in [6, 6.07) is 5.22. The molecule has 0 saturated heterocycles. The summed E-state index contributed by atoms with van der Waals surface area (Å²) >= 11 is 1.35. The van der Waals surface area contributed by atoms with Crippen LogP contribution in [0.15, 0.2) is 24.3 Å². The molecule has 0 spiro atoms. The lowest BCUT2D eigenvalue weighted by atomic mass is 9.83. The summed E-state index contributed by atoms with van der Waals surface area (Å²) in [6.45, 7) is 7.59. The smallest absolute Gasteiger partial charge is 0.350 e. The minimum absolute atomic E-state index is 0.228. The number of alkyl halides is 3. The maximum Gasteiger partial charge on any atom is 0.416 e. The van der Waals surface area contributed by atoms with Crippen molar-refractivity contribution in [3.63, 3.8) is 0 Å². The van der Waals surface area contributed by atoms with Gasteiger partial charge in [-0.3, -0.25) is 4.79 Å². The highest BCUT2D eigenvalue weighted by molar-refractivity contribution is 7.13. The van der Waals surface area contributed by atoms with Crippen molar-refractivity contribution in [1.82, 2.24) is 10.3 Å². The van der Waals surface area contributed by atoms with Crippen LogP contribution in [0.1, 0.15) is 52.3 Å². The number of thiazole rings is 1. The second kappa shape index (κ2) is 7.15. The fourth-order valence-corrected chi connectivity index (χ4v) is 3.34. The van der Waals surface area contributed by atoms with Crippen molar-refractivity contribution in [2.75, 3.05) is 6.54 Å². The predicted molar refractivity (Wildman–Crippen MR) is 93.0 cm³/mol. The summed E-state index contributed by atoms with van der Waals surface area (Å²) in [4.78, 5) is 17.3. The van der Waals surface area contributed by atoms with E-state index in [1.54, 1.807) is 26.8 Å². The number of aromatic nitrogens is 1. The fraction of sp³-hybridized carbons (Fsp3) is 0.444. The molecule has 2 rings (SSSR count). The highest BCUT2D eigenvalue weighted by Crippen LogP contribution is 2.32. The molecule has 136 valence electrons. The molecule has 0 aliphatic carbocycles. The summed E-state index contributed by atoms with van der Waals surface area (Å²) in [5.74, 6) is -0.241. The molecule has 1 heterocycles. The maximum atomic E-state index is 12.9. The number of aryl methyl sites for hydroxylation is 2. The minimum atomic E-state index is -4.38. The predicted octanol–water partition coefficient (Wildman–Crippen LogP) is 4.74. The van der Waals surface area contributed by atoms with E-state index in [-0.39, 0.29) is 12.5 Å². The zero-order valence-corrected chi connectivity index (χ0v) is 15.4. The van der Waals surface area contributed by atoms with Gasteiger partial charge in [-0.1, -0.05) is 39.0 Å². The first-order valence-electron chi connectivity index (χ1n) is 7.97. The molecular formula is C18H21F3N2OS. The molecule has 1 amide bonds. The summed E-state index contributed by atoms with van der Waals surface area (Å²) in [6.07, 6.45) is -3.62. The number of hydrogen-bond donors (Lipinski definition) is 1. The molecule has 1 aromatic heterocycles. The molecule has 7 heteroatoms. The number of halogens is 3. The Bertz CT molecular complexity index is 766. The van der Waals surface area contributed by atoms with Crippen molar-refractivity contribution in [3.05, 3.63) is 51.0 Å². The Balaban J connectivity index is 2.13. The standard InChI is InChI=1S/C18H21F3N2OS/c1-5-14-23-11(2)15(25-14)16(24)22-10-17(3,4)12-7-6-8-13(9-12)18(19,20)21/h6-9H,5,10H2,1-4H3,(H,22,24). The summed E-state index contributed by atoms with van der Waals surface area (Å²) < 4.78 is 38.7. The number of nitrogens with zero attached hydrogens (tertiary/aromatic N) is 1. The lowest BCUT2D eigenvalue weighted by Gasteiger charge is -2.26. The van der Waals surface area contributed by atoms with E-state index >= 15 is 0 Å². The molecule has 0 fully saturated rings. The Kier molecular flexibility index (Phi) is 5.56. The molecular weight excluding hydrogens is 349 g/mol. The normalized spacial score (nSPS) is 12.3. The van der Waals surface area contributed by atoms with Gasteiger partial charge in [0.25, 0.3) is 5.91 Å². The van der Waals surface area contributed by atoms with Crippen molar-refractivity contribution >= 4 is 17.2 Å². The molecule has 0 atom stereocenters. The number of amides is 1. The summed E-state index contributed by atoms with van der Waals surface area (Å²) in [5.41, 5.74) is -0.118. The minimum Gasteiger partial charge on any atom is -0.350 e. The second-order valence-electron chi connectivity index (χ2n) is 6.52. The van der Waals surface area contributed by atoms with Gasteiger partial charge in [0.2, 0.25) is 0 Å². The number of nitrogens with one attached hydrogen (secondary N) is 1. The fourth-order valence-electron chi connectivity index (χ4n) is 2.41. The lowest BCUT2D eigenvalue weighted by Crippen LogP contribution is -2.36. The zero-order valence-electron chi connectivity index (χ0n) is 14.6. The van der Waals surface area contributed by atoms with Gasteiger partial charge < -0.3 is 5.32 Å². The molecule has 0 saturated carbocycles. The van der Waals surface area contributed by atoms with Crippen molar-refractivity contribution < 1.29 is 18.0 Å². The molecule has 1 aromatic carbocycles. The van der Waals surface area contributed by atoms with Gasteiger partial charge in [-0.2, -0.15) is 13.2 Å². The van der Waals surface area contributed by atoms with E-state index in [1.165, 1.54) is 17.4 Å². The quantitative estimate of drug-likeness (QED) is 0.826. The molecule has 0 radical (unpaired) electrons. The molecule has 0 unspecified atom stereocenters. The van der Waals surface area contributed by atoms with E-state index in [2.05, 4.69) is 10.3 Å². The molecule has 2 aromatic rings. The Morgan fingerprint density at radius 2 is 1.88 bits per heavy atom. The molecule has 0 bridgehead atoms. The maximum absolute atomic E-state index is 12.9. The Morgan fingerprint density at radius 1 is 1.24 bits per heavy atom. The van der Waals surface area contributed by atoms with E-state index in [4.69, 9.17) is 0 Å². The van der Waals surface area contributed by atoms with Crippen molar-refractivity contribution in [3.8, 4) is 0 Å². The monoisotopic (exact) mass is 370 g/mol. The SMILES string of the molecule is CCc1nc(C)c(C(=O)NCC(C)(C)c2cccc(C(F)(F)F)c2)s1. The number of carbonyl (C=O) groups excluding carboxylic acids is 1. The van der Waals surface area contributed by atoms with Crippen LogP contribution in [0.3, 0.4) is 0 Å². The van der Waals surface area contributed by atoms with E-state index in [9.17, 15) is 18.0 Å². The van der Waals surface area contributed by atoms with Crippen LogP contribution in [0.25, 0.3) is 0 Å². The largest absolute Gasteiger partial charge is 0.416 e. The van der Waals surface area contributed by atoms with Crippen LogP contribution in [0.4, 0.5) is 13.2 Å². The van der Waals surface area contributed by atoms with Crippen LogP contribution in [-0.4, -0.2) is 17.4 Å². The average molecular weight is 370 g/mol. The van der Waals surface area contributed by atoms with Gasteiger partial charge in [-0.15, -0.1) is 11.3 Å². The van der Waals surface area contributed by atoms with Crippen LogP contribution < -0.4 is 5.32 Å². The van der Waals surface area contributed by atoms with E-state index < -0.39 is 17.2 Å². The Morgan fingerprint density at radius 3 is 2.44 bits per heavy atom. The Hall–Kier alpha value is -1.89. The van der Waals surface area contributed by atoms with Gasteiger partial charge in [0.15, 0.2) is 0 Å². The molecule has 25 heavy (non-hydrogen) atoms. The van der Waals surface area contributed by atoms with Crippen LogP contribution >= 0.6 is 11.3 Å². The lowest BCUT2D eigenvalue weighted by molar-refractivity contribution is -0.137. The topological polar surface area (TPSA) is 42.0 Å². The third-order valence-electron chi connectivity index (χ3n) is 4.01. The van der Waals surface area contributed by atoms with Gasteiger partial charge in [0.05, 0.1) is 16.3 Å². The molecule has 3 nitrogen and oxygen atoms in total. The first kappa shape index (κ1) is 19.4. The van der Waals surface area contributed by atoms with Gasteiger partial charge in [0.1, 0.15) is 4.88 Å². The van der Waals surface area contributed by atoms with Gasteiger partial charge >= 0.3 is 6.18 Å². The van der Waals surface area contributed by atoms with E-state index in [1.807, 2.05) is 6.92 Å². The van der Waals surface area contributed by atoms with Crippen LogP contribution in [-0.2, 0) is 18.0 Å². The summed E-state index contributed by atoms with van der Waals surface area (Å²) in [7, 11) is 0. The van der Waals surface area contributed by atoms with Gasteiger partial charge in [-0.25, -0.2) is 4.98 Å². The number of rotatable bonds is 5. The highest BCUT2D eigenvalue weighted by Gasteiger charge is 2.32. The van der Waals surface area contributed by atoms with Crippen molar-refractivity contribution in [2.24, 2.45) is 0 Å².